The van der Waals surface area contributed by atoms with Crippen LogP contribution in [0.1, 0.15) is 42.9 Å². The number of likely N-dealkylation sites (tertiary alicyclic amines) is 1. The lowest BCUT2D eigenvalue weighted by Crippen LogP contribution is -2.33. The summed E-state index contributed by atoms with van der Waals surface area (Å²) < 4.78 is 5.97. The summed E-state index contributed by atoms with van der Waals surface area (Å²) in [6.45, 7) is 6.40. The molecule has 160 valence electrons. The molecule has 0 aromatic heterocycles. The van der Waals surface area contributed by atoms with E-state index in [2.05, 4.69) is 48.2 Å². The Bertz CT molecular complexity index is 949. The van der Waals surface area contributed by atoms with E-state index in [0.29, 0.717) is 5.75 Å². The first-order valence-corrected chi connectivity index (χ1v) is 10.9. The minimum atomic E-state index is 0. The van der Waals surface area contributed by atoms with Crippen LogP contribution >= 0.6 is 12.4 Å². The normalized spacial score (nSPS) is 14.4. The summed E-state index contributed by atoms with van der Waals surface area (Å²) in [4.78, 5) is 2.50. The van der Waals surface area contributed by atoms with Crippen LogP contribution in [0.2, 0.25) is 0 Å². The molecule has 0 saturated carbocycles. The van der Waals surface area contributed by atoms with Gasteiger partial charge in [-0.2, -0.15) is 0 Å². The Morgan fingerprint density at radius 3 is 2.43 bits per heavy atom. The Hall–Kier alpha value is -2.23. The van der Waals surface area contributed by atoms with Gasteiger partial charge in [-0.3, -0.25) is 4.90 Å². The van der Waals surface area contributed by atoms with Gasteiger partial charge in [-0.25, -0.2) is 0 Å². The number of phenols is 1. The molecule has 3 aromatic carbocycles. The van der Waals surface area contributed by atoms with Gasteiger partial charge in [-0.1, -0.05) is 43.7 Å². The highest BCUT2D eigenvalue weighted by molar-refractivity contribution is 5.88. The lowest BCUT2D eigenvalue weighted by atomic mass is 9.92. The average molecular weight is 426 g/mol. The van der Waals surface area contributed by atoms with E-state index in [-0.39, 0.29) is 12.4 Å². The molecule has 0 aliphatic carbocycles. The lowest BCUT2D eigenvalue weighted by molar-refractivity contribution is 0.183. The number of rotatable bonds is 7. The molecular formula is C26H32ClNO2. The Morgan fingerprint density at radius 1 is 0.933 bits per heavy atom. The predicted octanol–water partition coefficient (Wildman–Crippen LogP) is 5.99. The van der Waals surface area contributed by atoms with Gasteiger partial charge in [0.25, 0.3) is 0 Å². The van der Waals surface area contributed by atoms with Crippen molar-refractivity contribution in [3.05, 3.63) is 71.3 Å². The number of hydrogen-bond donors (Lipinski definition) is 1. The van der Waals surface area contributed by atoms with Crippen molar-refractivity contribution in [2.24, 2.45) is 0 Å². The Kier molecular flexibility index (Phi) is 8.01. The highest BCUT2D eigenvalue weighted by atomic mass is 35.5. The molecule has 4 heteroatoms. The molecule has 0 amide bonds. The van der Waals surface area contributed by atoms with Gasteiger partial charge < -0.3 is 9.84 Å². The third kappa shape index (κ3) is 5.47. The van der Waals surface area contributed by atoms with Crippen molar-refractivity contribution < 1.29 is 9.84 Å². The molecule has 1 fully saturated rings. The Morgan fingerprint density at radius 2 is 1.70 bits per heavy atom. The van der Waals surface area contributed by atoms with Crippen LogP contribution in [0.3, 0.4) is 0 Å². The van der Waals surface area contributed by atoms with Crippen LogP contribution in [0.15, 0.2) is 54.6 Å². The van der Waals surface area contributed by atoms with E-state index >= 15 is 0 Å². The monoisotopic (exact) mass is 425 g/mol. The number of ether oxygens (including phenoxy) is 1. The van der Waals surface area contributed by atoms with Gasteiger partial charge >= 0.3 is 0 Å². The van der Waals surface area contributed by atoms with Crippen LogP contribution in [-0.2, 0) is 12.8 Å². The fourth-order valence-corrected chi connectivity index (χ4v) is 4.35. The Balaban J connectivity index is 0.00000256. The number of halogens is 1. The zero-order valence-electron chi connectivity index (χ0n) is 17.8. The van der Waals surface area contributed by atoms with E-state index < -0.39 is 0 Å². The first kappa shape index (κ1) is 22.5. The third-order valence-corrected chi connectivity index (χ3v) is 6.02. The van der Waals surface area contributed by atoms with Gasteiger partial charge in [0.1, 0.15) is 18.1 Å². The van der Waals surface area contributed by atoms with E-state index in [0.717, 1.165) is 37.1 Å². The second-order valence-electron chi connectivity index (χ2n) is 8.03. The lowest BCUT2D eigenvalue weighted by Gasteiger charge is -2.26. The number of aromatic hydroxyl groups is 1. The van der Waals surface area contributed by atoms with Gasteiger partial charge in [0.15, 0.2) is 0 Å². The summed E-state index contributed by atoms with van der Waals surface area (Å²) >= 11 is 0. The fraction of sp³-hybridized carbons (Fsp3) is 0.385. The molecule has 1 heterocycles. The number of benzene rings is 3. The summed E-state index contributed by atoms with van der Waals surface area (Å²) in [7, 11) is 0. The molecule has 0 spiro atoms. The van der Waals surface area contributed by atoms with Crippen LogP contribution in [-0.4, -0.2) is 36.2 Å². The number of phenolic OH excluding ortho intramolecular Hbond substituents is 1. The van der Waals surface area contributed by atoms with E-state index in [1.807, 2.05) is 12.1 Å². The number of piperidine rings is 1. The molecule has 3 aromatic rings. The molecule has 4 rings (SSSR count). The van der Waals surface area contributed by atoms with Crippen LogP contribution < -0.4 is 4.74 Å². The summed E-state index contributed by atoms with van der Waals surface area (Å²) in [5.41, 5.74) is 4.00. The van der Waals surface area contributed by atoms with Gasteiger partial charge in [-0.15, -0.1) is 12.4 Å². The quantitative estimate of drug-likeness (QED) is 0.505. The Labute approximate surface area is 186 Å². The summed E-state index contributed by atoms with van der Waals surface area (Å²) in [6.07, 6.45) is 5.91. The minimum absolute atomic E-state index is 0. The number of nitrogens with zero attached hydrogens (tertiary/aromatic N) is 1. The van der Waals surface area contributed by atoms with E-state index in [1.165, 1.54) is 54.4 Å². The first-order valence-electron chi connectivity index (χ1n) is 10.9. The highest BCUT2D eigenvalue weighted by Crippen LogP contribution is 2.28. The van der Waals surface area contributed by atoms with Crippen molar-refractivity contribution in [1.29, 1.82) is 0 Å². The number of aryl methyl sites for hydroxylation is 1. The van der Waals surface area contributed by atoms with Crippen molar-refractivity contribution in [2.75, 3.05) is 26.2 Å². The van der Waals surface area contributed by atoms with E-state index in [4.69, 9.17) is 4.74 Å². The standard InChI is InChI=1S/C26H31NO2.ClH/c1-2-21-8-9-22-19-23(28)10-13-25(22)26(21)18-20-6-11-24(12-7-20)29-17-16-27-14-4-3-5-15-27;/h6-13,19,28H,2-5,14-18H2,1H3;1H. The smallest absolute Gasteiger partial charge is 0.119 e. The van der Waals surface area contributed by atoms with Crippen molar-refractivity contribution in [1.82, 2.24) is 4.90 Å². The molecule has 0 bridgehead atoms. The van der Waals surface area contributed by atoms with Crippen LogP contribution in [0.4, 0.5) is 0 Å². The van der Waals surface area contributed by atoms with Gasteiger partial charge in [0.05, 0.1) is 0 Å². The SMILES string of the molecule is CCc1ccc2cc(O)ccc2c1Cc1ccc(OCCN2CCCCC2)cc1.Cl. The summed E-state index contributed by atoms with van der Waals surface area (Å²) in [5, 5.41) is 12.1. The molecule has 1 N–H and O–H groups in total. The van der Waals surface area contributed by atoms with Crippen molar-refractivity contribution in [3.8, 4) is 11.5 Å². The van der Waals surface area contributed by atoms with Crippen molar-refractivity contribution >= 4 is 23.2 Å². The van der Waals surface area contributed by atoms with Gasteiger partial charge in [0, 0.05) is 6.54 Å². The first-order chi connectivity index (χ1) is 14.2. The second kappa shape index (κ2) is 10.7. The third-order valence-electron chi connectivity index (χ3n) is 6.02. The topological polar surface area (TPSA) is 32.7 Å². The minimum Gasteiger partial charge on any atom is -0.508 e. The molecule has 1 saturated heterocycles. The maximum absolute atomic E-state index is 9.81. The maximum atomic E-state index is 9.81. The van der Waals surface area contributed by atoms with Crippen molar-refractivity contribution in [3.63, 3.8) is 0 Å². The van der Waals surface area contributed by atoms with Gasteiger partial charge in [0.2, 0.25) is 0 Å². The number of hydrogen-bond acceptors (Lipinski definition) is 3. The summed E-state index contributed by atoms with van der Waals surface area (Å²) in [6, 6.07) is 18.5. The fourth-order valence-electron chi connectivity index (χ4n) is 4.35. The molecule has 3 nitrogen and oxygen atoms in total. The van der Waals surface area contributed by atoms with Gasteiger partial charge in [-0.05, 0) is 90.5 Å². The highest BCUT2D eigenvalue weighted by Gasteiger charge is 2.10. The van der Waals surface area contributed by atoms with Crippen LogP contribution in [0.5, 0.6) is 11.5 Å². The molecule has 1 aliphatic heterocycles. The van der Waals surface area contributed by atoms with Crippen molar-refractivity contribution in [2.45, 2.75) is 39.0 Å². The molecule has 0 atom stereocenters. The zero-order chi connectivity index (χ0) is 20.1. The summed E-state index contributed by atoms with van der Waals surface area (Å²) in [5.74, 6) is 1.27. The van der Waals surface area contributed by atoms with Crippen LogP contribution in [0.25, 0.3) is 10.8 Å². The van der Waals surface area contributed by atoms with Crippen LogP contribution in [0, 0.1) is 0 Å². The molecular weight excluding hydrogens is 394 g/mol. The number of fused-ring (bicyclic) bond motifs is 1. The molecule has 1 aliphatic rings. The molecule has 0 radical (unpaired) electrons. The molecule has 30 heavy (non-hydrogen) atoms. The largest absolute Gasteiger partial charge is 0.508 e. The molecule has 0 unspecified atom stereocenters. The van der Waals surface area contributed by atoms with E-state index in [9.17, 15) is 5.11 Å². The zero-order valence-corrected chi connectivity index (χ0v) is 18.6. The maximum Gasteiger partial charge on any atom is 0.119 e. The second-order valence-corrected chi connectivity index (χ2v) is 8.03. The average Bonchev–Trinajstić information content (AvgIpc) is 2.76. The predicted molar refractivity (Wildman–Crippen MR) is 127 cm³/mol. The van der Waals surface area contributed by atoms with E-state index in [1.54, 1.807) is 6.07 Å².